The van der Waals surface area contributed by atoms with Crippen molar-refractivity contribution in [3.8, 4) is 17.2 Å². The van der Waals surface area contributed by atoms with Crippen LogP contribution >= 0.6 is 0 Å². The Morgan fingerprint density at radius 2 is 1.60 bits per heavy atom. The van der Waals surface area contributed by atoms with Crippen LogP contribution in [0.5, 0.6) is 17.2 Å². The number of allylic oxidation sites excluding steroid dienone is 1. The maximum absolute atomic E-state index is 11.0. The number of aliphatic carboxylic acids is 1. The maximum atomic E-state index is 11.0. The van der Waals surface area contributed by atoms with E-state index in [-0.39, 0.29) is 5.76 Å². The van der Waals surface area contributed by atoms with Gasteiger partial charge in [-0.2, -0.15) is 0 Å². The van der Waals surface area contributed by atoms with E-state index in [0.717, 1.165) is 0 Å². The Labute approximate surface area is 116 Å². The third kappa shape index (κ3) is 3.38. The SMILES string of the molecule is CC=C(Oc1ccccc1Oc1ccccc1)C(=O)O. The number of para-hydroxylation sites is 3. The monoisotopic (exact) mass is 270 g/mol. The largest absolute Gasteiger partial charge is 0.475 e. The summed E-state index contributed by atoms with van der Waals surface area (Å²) in [5, 5.41) is 8.98. The molecule has 2 aromatic rings. The third-order valence-corrected chi connectivity index (χ3v) is 2.51. The molecule has 0 atom stereocenters. The highest BCUT2D eigenvalue weighted by Gasteiger charge is 2.12. The average molecular weight is 270 g/mol. The summed E-state index contributed by atoms with van der Waals surface area (Å²) in [5.41, 5.74) is 0. The van der Waals surface area contributed by atoms with Crippen molar-refractivity contribution in [1.82, 2.24) is 0 Å². The molecule has 0 unspecified atom stereocenters. The lowest BCUT2D eigenvalue weighted by molar-refractivity contribution is -0.135. The van der Waals surface area contributed by atoms with Crippen molar-refractivity contribution in [2.24, 2.45) is 0 Å². The van der Waals surface area contributed by atoms with Gasteiger partial charge >= 0.3 is 5.97 Å². The summed E-state index contributed by atoms with van der Waals surface area (Å²) < 4.78 is 11.1. The first-order valence-electron chi connectivity index (χ1n) is 6.10. The van der Waals surface area contributed by atoms with Crippen LogP contribution in [0.15, 0.2) is 66.4 Å². The summed E-state index contributed by atoms with van der Waals surface area (Å²) in [5.74, 6) is 0.197. The molecule has 0 aliphatic rings. The van der Waals surface area contributed by atoms with Crippen LogP contribution in [0.1, 0.15) is 6.92 Å². The zero-order valence-electron chi connectivity index (χ0n) is 10.9. The molecule has 2 aromatic carbocycles. The molecule has 0 spiro atoms. The zero-order valence-corrected chi connectivity index (χ0v) is 10.9. The molecule has 0 amide bonds. The first kappa shape index (κ1) is 13.7. The summed E-state index contributed by atoms with van der Waals surface area (Å²) in [7, 11) is 0. The molecule has 4 nitrogen and oxygen atoms in total. The van der Waals surface area contributed by atoms with Crippen LogP contribution in [-0.4, -0.2) is 11.1 Å². The van der Waals surface area contributed by atoms with Gasteiger partial charge in [0.25, 0.3) is 0 Å². The average Bonchev–Trinajstić information content (AvgIpc) is 2.47. The standard InChI is InChI=1S/C16H14O4/c1-2-13(16(17)18)20-15-11-7-6-10-14(15)19-12-8-4-3-5-9-12/h2-11H,1H3,(H,17,18). The Kier molecular flexibility index (Phi) is 4.39. The lowest BCUT2D eigenvalue weighted by Gasteiger charge is -2.12. The van der Waals surface area contributed by atoms with Gasteiger partial charge in [0.05, 0.1) is 0 Å². The van der Waals surface area contributed by atoms with E-state index in [4.69, 9.17) is 14.6 Å². The van der Waals surface area contributed by atoms with Crippen molar-refractivity contribution < 1.29 is 19.4 Å². The van der Waals surface area contributed by atoms with Crippen LogP contribution in [-0.2, 0) is 4.79 Å². The van der Waals surface area contributed by atoms with Gasteiger partial charge in [0, 0.05) is 0 Å². The van der Waals surface area contributed by atoms with Gasteiger partial charge < -0.3 is 14.6 Å². The molecule has 0 aromatic heterocycles. The minimum atomic E-state index is -1.12. The predicted molar refractivity (Wildman–Crippen MR) is 75.0 cm³/mol. The number of carbonyl (C=O) groups is 1. The summed E-state index contributed by atoms with van der Waals surface area (Å²) in [6.45, 7) is 1.60. The Hall–Kier alpha value is -2.75. The Bertz CT molecular complexity index is 617. The van der Waals surface area contributed by atoms with Crippen LogP contribution in [0.2, 0.25) is 0 Å². The highest BCUT2D eigenvalue weighted by atomic mass is 16.5. The van der Waals surface area contributed by atoms with Gasteiger partial charge in [-0.1, -0.05) is 30.3 Å². The van der Waals surface area contributed by atoms with Crippen molar-refractivity contribution in [1.29, 1.82) is 0 Å². The van der Waals surface area contributed by atoms with E-state index < -0.39 is 5.97 Å². The fourth-order valence-electron chi connectivity index (χ4n) is 1.58. The van der Waals surface area contributed by atoms with Gasteiger partial charge in [-0.15, -0.1) is 0 Å². The molecule has 1 N–H and O–H groups in total. The number of hydrogen-bond donors (Lipinski definition) is 1. The Morgan fingerprint density at radius 3 is 2.20 bits per heavy atom. The van der Waals surface area contributed by atoms with Gasteiger partial charge in [0.1, 0.15) is 5.75 Å². The highest BCUT2D eigenvalue weighted by Crippen LogP contribution is 2.32. The molecule has 20 heavy (non-hydrogen) atoms. The molecule has 102 valence electrons. The highest BCUT2D eigenvalue weighted by molar-refractivity contribution is 5.84. The summed E-state index contributed by atoms with van der Waals surface area (Å²) in [4.78, 5) is 11.0. The molecule has 0 saturated carbocycles. The number of carboxylic acids is 1. The summed E-state index contributed by atoms with van der Waals surface area (Å²) in [6.07, 6.45) is 1.39. The van der Waals surface area contributed by atoms with E-state index in [1.54, 1.807) is 31.2 Å². The fraction of sp³-hybridized carbons (Fsp3) is 0.0625. The van der Waals surface area contributed by atoms with E-state index >= 15 is 0 Å². The first-order chi connectivity index (χ1) is 9.70. The number of benzene rings is 2. The van der Waals surface area contributed by atoms with E-state index in [2.05, 4.69) is 0 Å². The molecule has 0 fully saturated rings. The second kappa shape index (κ2) is 6.43. The van der Waals surface area contributed by atoms with Crippen LogP contribution in [0, 0.1) is 0 Å². The second-order valence-electron chi connectivity index (χ2n) is 3.92. The normalized spacial score (nSPS) is 10.9. The molecule has 4 heteroatoms. The van der Waals surface area contributed by atoms with E-state index in [1.165, 1.54) is 6.08 Å². The van der Waals surface area contributed by atoms with Crippen LogP contribution in [0.4, 0.5) is 0 Å². The van der Waals surface area contributed by atoms with Crippen LogP contribution in [0.3, 0.4) is 0 Å². The Morgan fingerprint density at radius 1 is 1.00 bits per heavy atom. The molecule has 2 rings (SSSR count). The van der Waals surface area contributed by atoms with Gasteiger partial charge in [-0.3, -0.25) is 0 Å². The molecule has 0 aliphatic heterocycles. The molecule has 0 aliphatic carbocycles. The summed E-state index contributed by atoms with van der Waals surface area (Å²) >= 11 is 0. The fourth-order valence-corrected chi connectivity index (χ4v) is 1.58. The van der Waals surface area contributed by atoms with E-state index in [1.807, 2.05) is 30.3 Å². The second-order valence-corrected chi connectivity index (χ2v) is 3.92. The molecule has 0 heterocycles. The summed E-state index contributed by atoms with van der Waals surface area (Å²) in [6, 6.07) is 16.1. The van der Waals surface area contributed by atoms with Crippen LogP contribution < -0.4 is 9.47 Å². The van der Waals surface area contributed by atoms with Crippen molar-refractivity contribution in [2.75, 3.05) is 0 Å². The van der Waals surface area contributed by atoms with Gasteiger partial charge in [0.15, 0.2) is 11.5 Å². The molecule has 0 bridgehead atoms. The van der Waals surface area contributed by atoms with Crippen molar-refractivity contribution >= 4 is 5.97 Å². The number of ether oxygens (including phenoxy) is 2. The molecule has 0 radical (unpaired) electrons. The van der Waals surface area contributed by atoms with Gasteiger partial charge in [0.2, 0.25) is 5.76 Å². The van der Waals surface area contributed by atoms with Gasteiger partial charge in [-0.25, -0.2) is 4.79 Å². The van der Waals surface area contributed by atoms with E-state index in [0.29, 0.717) is 17.2 Å². The maximum Gasteiger partial charge on any atom is 0.371 e. The van der Waals surface area contributed by atoms with Crippen molar-refractivity contribution in [3.05, 3.63) is 66.4 Å². The molecular formula is C16H14O4. The predicted octanol–water partition coefficient (Wildman–Crippen LogP) is 3.85. The topological polar surface area (TPSA) is 55.8 Å². The van der Waals surface area contributed by atoms with E-state index in [9.17, 15) is 4.79 Å². The first-order valence-corrected chi connectivity index (χ1v) is 6.10. The lowest BCUT2D eigenvalue weighted by atomic mass is 10.3. The molecular weight excluding hydrogens is 256 g/mol. The number of carboxylic acid groups (broad SMARTS) is 1. The third-order valence-electron chi connectivity index (χ3n) is 2.51. The number of hydrogen-bond acceptors (Lipinski definition) is 3. The lowest BCUT2D eigenvalue weighted by Crippen LogP contribution is -2.07. The zero-order chi connectivity index (χ0) is 14.4. The van der Waals surface area contributed by atoms with Crippen molar-refractivity contribution in [2.45, 2.75) is 6.92 Å². The van der Waals surface area contributed by atoms with Gasteiger partial charge in [-0.05, 0) is 37.3 Å². The minimum absolute atomic E-state index is 0.144. The smallest absolute Gasteiger partial charge is 0.371 e. The quantitative estimate of drug-likeness (QED) is 0.662. The Balaban J connectivity index is 2.25. The number of rotatable bonds is 5. The molecule has 0 saturated heterocycles. The van der Waals surface area contributed by atoms with Crippen LogP contribution in [0.25, 0.3) is 0 Å². The van der Waals surface area contributed by atoms with Crippen molar-refractivity contribution in [3.63, 3.8) is 0 Å². The minimum Gasteiger partial charge on any atom is -0.475 e.